The van der Waals surface area contributed by atoms with Crippen LogP contribution in [0.15, 0.2) is 22.7 Å². The van der Waals surface area contributed by atoms with E-state index in [2.05, 4.69) is 28.2 Å². The van der Waals surface area contributed by atoms with Crippen LogP contribution < -0.4 is 5.32 Å². The molecular formula is C16H23BrFN. The van der Waals surface area contributed by atoms with Crippen LogP contribution in [0.1, 0.15) is 44.6 Å². The molecule has 1 aromatic carbocycles. The summed E-state index contributed by atoms with van der Waals surface area (Å²) in [7, 11) is 0. The average molecular weight is 328 g/mol. The van der Waals surface area contributed by atoms with Crippen molar-refractivity contribution in [2.75, 3.05) is 6.54 Å². The average Bonchev–Trinajstić information content (AvgIpc) is 2.37. The Balaban J connectivity index is 1.69. The first kappa shape index (κ1) is 15.0. The Morgan fingerprint density at radius 3 is 2.95 bits per heavy atom. The Kier molecular flexibility index (Phi) is 5.83. The molecule has 0 amide bonds. The van der Waals surface area contributed by atoms with Crippen molar-refractivity contribution in [2.45, 2.75) is 45.6 Å². The van der Waals surface area contributed by atoms with Crippen LogP contribution >= 0.6 is 15.9 Å². The second kappa shape index (κ2) is 7.39. The Morgan fingerprint density at radius 2 is 2.21 bits per heavy atom. The first-order chi connectivity index (χ1) is 9.15. The number of hydrogen-bond donors (Lipinski definition) is 1. The molecule has 0 saturated heterocycles. The lowest BCUT2D eigenvalue weighted by atomic mass is 9.81. The minimum atomic E-state index is -0.188. The van der Waals surface area contributed by atoms with Crippen LogP contribution in [0.3, 0.4) is 0 Å². The fourth-order valence-electron chi connectivity index (χ4n) is 3.02. The lowest BCUT2D eigenvalue weighted by molar-refractivity contribution is 0.267. The molecule has 3 heteroatoms. The monoisotopic (exact) mass is 327 g/mol. The predicted molar refractivity (Wildman–Crippen MR) is 81.5 cm³/mol. The summed E-state index contributed by atoms with van der Waals surface area (Å²) in [5.41, 5.74) is 1.12. The van der Waals surface area contributed by atoms with E-state index in [4.69, 9.17) is 0 Å². The molecule has 0 bridgehead atoms. The van der Waals surface area contributed by atoms with Crippen LogP contribution in [0.25, 0.3) is 0 Å². The van der Waals surface area contributed by atoms with E-state index in [1.165, 1.54) is 44.2 Å². The van der Waals surface area contributed by atoms with Crippen molar-refractivity contribution in [1.29, 1.82) is 0 Å². The van der Waals surface area contributed by atoms with Crippen LogP contribution in [0.2, 0.25) is 0 Å². The van der Waals surface area contributed by atoms with Gasteiger partial charge in [-0.2, -0.15) is 0 Å². The summed E-state index contributed by atoms with van der Waals surface area (Å²) in [6.07, 6.45) is 6.86. The number of hydrogen-bond acceptors (Lipinski definition) is 1. The largest absolute Gasteiger partial charge is 0.313 e. The Morgan fingerprint density at radius 1 is 1.37 bits per heavy atom. The summed E-state index contributed by atoms with van der Waals surface area (Å²) in [4.78, 5) is 0. The fourth-order valence-corrected chi connectivity index (χ4v) is 3.51. The van der Waals surface area contributed by atoms with Gasteiger partial charge in [0.25, 0.3) is 0 Å². The summed E-state index contributed by atoms with van der Waals surface area (Å²) >= 11 is 3.40. The van der Waals surface area contributed by atoms with E-state index in [0.717, 1.165) is 35.0 Å². The van der Waals surface area contributed by atoms with Gasteiger partial charge in [0.1, 0.15) is 5.82 Å². The maximum absolute atomic E-state index is 13.0. The van der Waals surface area contributed by atoms with Gasteiger partial charge >= 0.3 is 0 Å². The molecule has 0 radical (unpaired) electrons. The van der Waals surface area contributed by atoms with E-state index in [-0.39, 0.29) is 5.82 Å². The van der Waals surface area contributed by atoms with Crippen molar-refractivity contribution >= 4 is 15.9 Å². The van der Waals surface area contributed by atoms with Crippen LogP contribution in [-0.2, 0) is 6.54 Å². The van der Waals surface area contributed by atoms with Gasteiger partial charge in [0, 0.05) is 11.0 Å². The summed E-state index contributed by atoms with van der Waals surface area (Å²) < 4.78 is 13.8. The Bertz CT molecular complexity index is 408. The molecule has 2 atom stereocenters. The molecule has 1 aliphatic carbocycles. The van der Waals surface area contributed by atoms with Gasteiger partial charge in [-0.1, -0.05) is 48.2 Å². The van der Waals surface area contributed by atoms with Gasteiger partial charge in [0.2, 0.25) is 0 Å². The first-order valence-corrected chi connectivity index (χ1v) is 8.09. The van der Waals surface area contributed by atoms with Crippen molar-refractivity contribution in [1.82, 2.24) is 5.32 Å². The molecular weight excluding hydrogens is 305 g/mol. The Hall–Kier alpha value is -0.410. The van der Waals surface area contributed by atoms with Crippen molar-refractivity contribution in [3.63, 3.8) is 0 Å². The molecule has 0 heterocycles. The first-order valence-electron chi connectivity index (χ1n) is 7.30. The minimum Gasteiger partial charge on any atom is -0.313 e. The van der Waals surface area contributed by atoms with Crippen molar-refractivity contribution in [3.8, 4) is 0 Å². The molecule has 1 aromatic rings. The van der Waals surface area contributed by atoms with Crippen LogP contribution in [0.4, 0.5) is 4.39 Å². The molecule has 2 unspecified atom stereocenters. The second-order valence-corrected chi connectivity index (χ2v) is 6.69. The highest BCUT2D eigenvalue weighted by atomic mass is 79.9. The third-order valence-electron chi connectivity index (χ3n) is 4.10. The lowest BCUT2D eigenvalue weighted by Crippen LogP contribution is -2.21. The minimum absolute atomic E-state index is 0.188. The molecule has 1 N–H and O–H groups in total. The quantitative estimate of drug-likeness (QED) is 0.759. The molecule has 1 aliphatic rings. The molecule has 2 rings (SSSR count). The van der Waals surface area contributed by atoms with Gasteiger partial charge in [0.15, 0.2) is 0 Å². The lowest BCUT2D eigenvalue weighted by Gasteiger charge is -2.26. The van der Waals surface area contributed by atoms with E-state index in [9.17, 15) is 4.39 Å². The SMILES string of the molecule is CC1CCCC(CCNCc2ccc(F)cc2Br)C1. The molecule has 1 fully saturated rings. The standard InChI is InChI=1S/C16H23BrFN/c1-12-3-2-4-13(9-12)7-8-19-11-14-5-6-15(18)10-16(14)17/h5-6,10,12-13,19H,2-4,7-9,11H2,1H3. The number of halogens is 2. The van der Waals surface area contributed by atoms with E-state index < -0.39 is 0 Å². The van der Waals surface area contributed by atoms with Gasteiger partial charge in [-0.15, -0.1) is 0 Å². The van der Waals surface area contributed by atoms with Crippen LogP contribution in [0, 0.1) is 17.7 Å². The van der Waals surface area contributed by atoms with Crippen molar-refractivity contribution < 1.29 is 4.39 Å². The van der Waals surface area contributed by atoms with E-state index in [1.54, 1.807) is 0 Å². The topological polar surface area (TPSA) is 12.0 Å². The summed E-state index contributed by atoms with van der Waals surface area (Å²) in [6, 6.07) is 4.89. The molecule has 0 spiro atoms. The molecule has 1 nitrogen and oxygen atoms in total. The zero-order valence-electron chi connectivity index (χ0n) is 11.6. The van der Waals surface area contributed by atoms with Crippen molar-refractivity contribution in [2.24, 2.45) is 11.8 Å². The number of nitrogens with one attached hydrogen (secondary N) is 1. The van der Waals surface area contributed by atoms with E-state index in [0.29, 0.717) is 0 Å². The highest BCUT2D eigenvalue weighted by Gasteiger charge is 2.18. The second-order valence-electron chi connectivity index (χ2n) is 5.84. The van der Waals surface area contributed by atoms with Gasteiger partial charge in [-0.05, 0) is 48.9 Å². The maximum atomic E-state index is 13.0. The molecule has 0 aromatic heterocycles. The fraction of sp³-hybridized carbons (Fsp3) is 0.625. The Labute approximate surface area is 124 Å². The normalized spacial score (nSPS) is 23.5. The van der Waals surface area contributed by atoms with Gasteiger partial charge < -0.3 is 5.32 Å². The molecule has 1 saturated carbocycles. The van der Waals surface area contributed by atoms with E-state index >= 15 is 0 Å². The number of benzene rings is 1. The molecule has 106 valence electrons. The van der Waals surface area contributed by atoms with Crippen LogP contribution in [-0.4, -0.2) is 6.54 Å². The van der Waals surface area contributed by atoms with E-state index in [1.807, 2.05) is 6.07 Å². The molecule has 19 heavy (non-hydrogen) atoms. The summed E-state index contributed by atoms with van der Waals surface area (Å²) in [6.45, 7) is 4.24. The third-order valence-corrected chi connectivity index (χ3v) is 4.84. The zero-order valence-corrected chi connectivity index (χ0v) is 13.2. The third kappa shape index (κ3) is 4.88. The van der Waals surface area contributed by atoms with Gasteiger partial charge in [0.05, 0.1) is 0 Å². The highest BCUT2D eigenvalue weighted by molar-refractivity contribution is 9.10. The van der Waals surface area contributed by atoms with Crippen LogP contribution in [0.5, 0.6) is 0 Å². The maximum Gasteiger partial charge on any atom is 0.124 e. The number of rotatable bonds is 5. The smallest absolute Gasteiger partial charge is 0.124 e. The predicted octanol–water partition coefficient (Wildman–Crippen LogP) is 4.89. The van der Waals surface area contributed by atoms with Crippen molar-refractivity contribution in [3.05, 3.63) is 34.1 Å². The zero-order chi connectivity index (χ0) is 13.7. The van der Waals surface area contributed by atoms with Gasteiger partial charge in [-0.25, -0.2) is 4.39 Å². The highest BCUT2D eigenvalue weighted by Crippen LogP contribution is 2.30. The molecule has 0 aliphatic heterocycles. The van der Waals surface area contributed by atoms with Gasteiger partial charge in [-0.3, -0.25) is 0 Å². The summed E-state index contributed by atoms with van der Waals surface area (Å²) in [5, 5.41) is 3.47. The summed E-state index contributed by atoms with van der Waals surface area (Å²) in [5.74, 6) is 1.62.